The van der Waals surface area contributed by atoms with Crippen molar-refractivity contribution in [2.45, 2.75) is 6.92 Å². The molecule has 1 aliphatic rings. The van der Waals surface area contributed by atoms with Gasteiger partial charge < -0.3 is 0 Å². The molecule has 29 heavy (non-hydrogen) atoms. The number of anilines is 1. The number of hydrogen-bond acceptors (Lipinski definition) is 2. The molecule has 1 heterocycles. The molecule has 3 aromatic carbocycles. The number of ketones is 1. The average Bonchev–Trinajstić information content (AvgIpc) is 3.05. The Morgan fingerprint density at radius 2 is 1.55 bits per heavy atom. The quantitative estimate of drug-likeness (QED) is 0.397. The van der Waals surface area contributed by atoms with E-state index in [0.29, 0.717) is 21.8 Å². The van der Waals surface area contributed by atoms with E-state index in [1.165, 1.54) is 6.92 Å². The third-order valence-electron chi connectivity index (χ3n) is 4.78. The molecular weight excluding hydrogens is 382 g/mol. The third-order valence-corrected chi connectivity index (χ3v) is 5.03. The number of halogens is 1. The predicted molar refractivity (Wildman–Crippen MR) is 118 cm³/mol. The van der Waals surface area contributed by atoms with Crippen LogP contribution in [0.25, 0.3) is 11.8 Å². The second-order valence-electron chi connectivity index (χ2n) is 6.79. The Labute approximate surface area is 174 Å². The summed E-state index contributed by atoms with van der Waals surface area (Å²) in [6.07, 6.45) is 3.76. The topological polar surface area (TPSA) is 37.4 Å². The summed E-state index contributed by atoms with van der Waals surface area (Å²) in [5, 5.41) is 0.635. The lowest BCUT2D eigenvalue weighted by molar-refractivity contribution is -0.113. The molecule has 0 aromatic heterocycles. The first kappa shape index (κ1) is 18.9. The number of nitrogens with zero attached hydrogens (tertiary/aromatic N) is 1. The summed E-state index contributed by atoms with van der Waals surface area (Å²) in [5.41, 5.74) is 4.52. The Hall–Kier alpha value is -3.43. The molecule has 0 saturated carbocycles. The van der Waals surface area contributed by atoms with Crippen molar-refractivity contribution >= 4 is 40.8 Å². The van der Waals surface area contributed by atoms with E-state index in [9.17, 15) is 9.59 Å². The van der Waals surface area contributed by atoms with Gasteiger partial charge in [0.15, 0.2) is 5.78 Å². The molecular formula is C25H18ClNO2. The van der Waals surface area contributed by atoms with Crippen LogP contribution in [0.15, 0.2) is 90.5 Å². The Kier molecular flexibility index (Phi) is 5.15. The molecule has 0 atom stereocenters. The molecule has 0 unspecified atom stereocenters. The van der Waals surface area contributed by atoms with Crippen LogP contribution in [0.5, 0.6) is 0 Å². The fourth-order valence-corrected chi connectivity index (χ4v) is 3.40. The van der Waals surface area contributed by atoms with Crippen molar-refractivity contribution in [3.63, 3.8) is 0 Å². The minimum atomic E-state index is -0.116. The number of carbonyl (C=O) groups excluding carboxylic acids is 2. The summed E-state index contributed by atoms with van der Waals surface area (Å²) in [5.74, 6) is -0.128. The van der Waals surface area contributed by atoms with Crippen molar-refractivity contribution in [2.75, 3.05) is 4.90 Å². The highest BCUT2D eigenvalue weighted by Gasteiger charge is 2.30. The zero-order valence-corrected chi connectivity index (χ0v) is 16.6. The average molecular weight is 400 g/mol. The number of rotatable bonds is 4. The maximum absolute atomic E-state index is 13.3. The summed E-state index contributed by atoms with van der Waals surface area (Å²) in [6.45, 7) is 1.52. The molecule has 0 N–H and O–H groups in total. The van der Waals surface area contributed by atoms with Crippen LogP contribution in [0.2, 0.25) is 5.02 Å². The van der Waals surface area contributed by atoms with Crippen LogP contribution in [0.4, 0.5) is 5.69 Å². The highest BCUT2D eigenvalue weighted by Crippen LogP contribution is 2.35. The molecule has 1 amide bonds. The van der Waals surface area contributed by atoms with E-state index in [1.54, 1.807) is 41.3 Å². The molecule has 0 saturated heterocycles. The van der Waals surface area contributed by atoms with Gasteiger partial charge in [0, 0.05) is 21.8 Å². The highest BCUT2D eigenvalue weighted by atomic mass is 35.5. The van der Waals surface area contributed by atoms with Crippen molar-refractivity contribution < 1.29 is 9.59 Å². The van der Waals surface area contributed by atoms with Crippen molar-refractivity contribution in [2.24, 2.45) is 0 Å². The number of Topliss-reactive ketones (excluding diaryl/α,β-unsaturated/α-hetero) is 1. The van der Waals surface area contributed by atoms with E-state index in [-0.39, 0.29) is 11.7 Å². The van der Waals surface area contributed by atoms with Gasteiger partial charge in [-0.2, -0.15) is 0 Å². The van der Waals surface area contributed by atoms with Crippen LogP contribution in [-0.4, -0.2) is 11.7 Å². The Morgan fingerprint density at radius 3 is 2.17 bits per heavy atom. The van der Waals surface area contributed by atoms with E-state index in [2.05, 4.69) is 0 Å². The van der Waals surface area contributed by atoms with Crippen molar-refractivity contribution in [1.29, 1.82) is 0 Å². The lowest BCUT2D eigenvalue weighted by Crippen LogP contribution is -2.25. The molecule has 0 aliphatic carbocycles. The van der Waals surface area contributed by atoms with Gasteiger partial charge in [0.2, 0.25) is 0 Å². The zero-order chi connectivity index (χ0) is 20.4. The second kappa shape index (κ2) is 7.90. The number of amides is 1. The first-order chi connectivity index (χ1) is 14.0. The predicted octanol–water partition coefficient (Wildman–Crippen LogP) is 6.01. The Balaban J connectivity index is 1.80. The highest BCUT2D eigenvalue weighted by molar-refractivity contribution is 6.30. The standard InChI is InChI=1S/C25H18ClNO2/c1-17(28)19-9-13-23(14-10-19)27-24(20-7-11-22(26)12-8-20)16-21(25(27)29)15-18-5-3-2-4-6-18/h2-16H,1H3/b21-15+. The normalized spacial score (nSPS) is 15.0. The number of benzene rings is 3. The minimum absolute atomic E-state index is 0.0116. The summed E-state index contributed by atoms with van der Waals surface area (Å²) >= 11 is 6.04. The molecule has 3 aromatic rings. The van der Waals surface area contributed by atoms with Crippen molar-refractivity contribution in [3.8, 4) is 0 Å². The summed E-state index contributed by atoms with van der Waals surface area (Å²) in [6, 6.07) is 24.2. The van der Waals surface area contributed by atoms with Gasteiger partial charge in [-0.15, -0.1) is 0 Å². The van der Waals surface area contributed by atoms with Crippen LogP contribution in [-0.2, 0) is 4.79 Å². The molecule has 4 rings (SSSR count). The summed E-state index contributed by atoms with van der Waals surface area (Å²) < 4.78 is 0. The Morgan fingerprint density at radius 1 is 0.897 bits per heavy atom. The van der Waals surface area contributed by atoms with Gasteiger partial charge in [-0.3, -0.25) is 14.5 Å². The van der Waals surface area contributed by atoms with E-state index in [0.717, 1.165) is 16.8 Å². The van der Waals surface area contributed by atoms with Crippen LogP contribution >= 0.6 is 11.6 Å². The van der Waals surface area contributed by atoms with Crippen LogP contribution in [0, 0.1) is 0 Å². The van der Waals surface area contributed by atoms with Gasteiger partial charge >= 0.3 is 0 Å². The lowest BCUT2D eigenvalue weighted by atomic mass is 10.1. The van der Waals surface area contributed by atoms with Crippen LogP contribution < -0.4 is 4.90 Å². The van der Waals surface area contributed by atoms with Gasteiger partial charge in [-0.1, -0.05) is 54.1 Å². The summed E-state index contributed by atoms with van der Waals surface area (Å²) in [7, 11) is 0. The monoisotopic (exact) mass is 399 g/mol. The molecule has 0 fully saturated rings. The van der Waals surface area contributed by atoms with E-state index >= 15 is 0 Å². The Bertz CT molecular complexity index is 1130. The van der Waals surface area contributed by atoms with Gasteiger partial charge in [-0.25, -0.2) is 0 Å². The number of carbonyl (C=O) groups is 2. The molecule has 0 radical (unpaired) electrons. The van der Waals surface area contributed by atoms with Gasteiger partial charge in [0.05, 0.1) is 5.70 Å². The smallest absolute Gasteiger partial charge is 0.262 e. The maximum atomic E-state index is 13.3. The van der Waals surface area contributed by atoms with Gasteiger partial charge in [0.1, 0.15) is 0 Å². The summed E-state index contributed by atoms with van der Waals surface area (Å²) in [4.78, 5) is 26.6. The minimum Gasteiger partial charge on any atom is -0.295 e. The van der Waals surface area contributed by atoms with E-state index < -0.39 is 0 Å². The largest absolute Gasteiger partial charge is 0.295 e. The maximum Gasteiger partial charge on any atom is 0.262 e. The third kappa shape index (κ3) is 3.91. The lowest BCUT2D eigenvalue weighted by Gasteiger charge is -2.21. The zero-order valence-electron chi connectivity index (χ0n) is 15.8. The molecule has 0 bridgehead atoms. The molecule has 4 heteroatoms. The fraction of sp³-hybridized carbons (Fsp3) is 0.0400. The van der Waals surface area contributed by atoms with Crippen molar-refractivity contribution in [1.82, 2.24) is 0 Å². The van der Waals surface area contributed by atoms with Crippen LogP contribution in [0.1, 0.15) is 28.4 Å². The van der Waals surface area contributed by atoms with E-state index in [1.807, 2.05) is 54.6 Å². The molecule has 3 nitrogen and oxygen atoms in total. The molecule has 0 spiro atoms. The first-order valence-corrected chi connectivity index (χ1v) is 9.60. The fourth-order valence-electron chi connectivity index (χ4n) is 3.28. The van der Waals surface area contributed by atoms with Crippen molar-refractivity contribution in [3.05, 3.63) is 112 Å². The number of hydrogen-bond donors (Lipinski definition) is 0. The van der Waals surface area contributed by atoms with Crippen LogP contribution in [0.3, 0.4) is 0 Å². The van der Waals surface area contributed by atoms with Gasteiger partial charge in [-0.05, 0) is 66.6 Å². The molecule has 1 aliphatic heterocycles. The SMILES string of the molecule is CC(=O)c1ccc(N2C(=O)/C(=C/c3ccccc3)C=C2c2ccc(Cl)cc2)cc1. The van der Waals surface area contributed by atoms with Gasteiger partial charge in [0.25, 0.3) is 5.91 Å². The molecule has 142 valence electrons. The van der Waals surface area contributed by atoms with E-state index in [4.69, 9.17) is 11.6 Å². The first-order valence-electron chi connectivity index (χ1n) is 9.23. The second-order valence-corrected chi connectivity index (χ2v) is 7.23.